The molecule has 1 fully saturated rings. The van der Waals surface area contributed by atoms with E-state index in [0.717, 1.165) is 5.56 Å². The predicted molar refractivity (Wildman–Crippen MR) is 99.5 cm³/mol. The molecule has 144 valence electrons. The van der Waals surface area contributed by atoms with Crippen LogP contribution in [0.1, 0.15) is 46.1 Å². The Balaban J connectivity index is 2.06. The number of amides is 2. The van der Waals surface area contributed by atoms with Crippen molar-refractivity contribution in [1.82, 2.24) is 9.80 Å². The summed E-state index contributed by atoms with van der Waals surface area (Å²) in [5.74, 6) is 0.00335. The minimum Gasteiger partial charge on any atom is -0.444 e. The van der Waals surface area contributed by atoms with Crippen LogP contribution in [-0.4, -0.2) is 57.7 Å². The van der Waals surface area contributed by atoms with E-state index < -0.39 is 17.8 Å². The third-order valence-corrected chi connectivity index (χ3v) is 4.42. The molecule has 0 spiro atoms. The number of β-amino-alcohol motifs (C(OH)–C–C–N with tert-alkyl or cyclic N) is 1. The van der Waals surface area contributed by atoms with Crippen molar-refractivity contribution in [2.75, 3.05) is 13.1 Å². The maximum Gasteiger partial charge on any atom is 0.410 e. The van der Waals surface area contributed by atoms with Gasteiger partial charge in [0.1, 0.15) is 5.60 Å². The van der Waals surface area contributed by atoms with E-state index in [1.165, 1.54) is 4.90 Å². The van der Waals surface area contributed by atoms with Crippen LogP contribution in [0.4, 0.5) is 4.79 Å². The Morgan fingerprint density at radius 2 is 1.92 bits per heavy atom. The highest BCUT2D eigenvalue weighted by atomic mass is 16.6. The number of piperidine rings is 1. The highest BCUT2D eigenvalue weighted by Gasteiger charge is 2.36. The number of nitrogens with zero attached hydrogens (tertiary/aromatic N) is 2. The number of aliphatic hydroxyl groups is 1. The topological polar surface area (TPSA) is 70.1 Å². The minimum atomic E-state index is -0.796. The summed E-state index contributed by atoms with van der Waals surface area (Å²) in [7, 11) is 0. The molecule has 0 aromatic heterocycles. The fraction of sp³-hybridized carbons (Fsp3) is 0.600. The maximum atomic E-state index is 12.5. The molecule has 1 saturated heterocycles. The second-order valence-electron chi connectivity index (χ2n) is 7.71. The van der Waals surface area contributed by atoms with Gasteiger partial charge in [0.25, 0.3) is 0 Å². The van der Waals surface area contributed by atoms with Gasteiger partial charge in [0, 0.05) is 19.5 Å². The summed E-state index contributed by atoms with van der Waals surface area (Å²) in [6.07, 6.45) is -0.313. The van der Waals surface area contributed by atoms with E-state index >= 15 is 0 Å². The van der Waals surface area contributed by atoms with Gasteiger partial charge in [-0.15, -0.1) is 0 Å². The van der Waals surface area contributed by atoms with E-state index in [-0.39, 0.29) is 18.5 Å². The van der Waals surface area contributed by atoms with Crippen LogP contribution in [0, 0.1) is 0 Å². The van der Waals surface area contributed by atoms with Gasteiger partial charge in [-0.2, -0.15) is 0 Å². The zero-order valence-electron chi connectivity index (χ0n) is 16.1. The number of hydrogen-bond donors (Lipinski definition) is 1. The smallest absolute Gasteiger partial charge is 0.410 e. The van der Waals surface area contributed by atoms with E-state index in [4.69, 9.17) is 4.74 Å². The fourth-order valence-electron chi connectivity index (χ4n) is 3.15. The van der Waals surface area contributed by atoms with Crippen molar-refractivity contribution in [1.29, 1.82) is 0 Å². The van der Waals surface area contributed by atoms with Crippen molar-refractivity contribution in [2.24, 2.45) is 0 Å². The Hall–Kier alpha value is -2.08. The number of carbonyl (C=O) groups is 2. The minimum absolute atomic E-state index is 0.00335. The summed E-state index contributed by atoms with van der Waals surface area (Å²) in [6, 6.07) is 9.44. The molecule has 1 heterocycles. The average Bonchev–Trinajstić information content (AvgIpc) is 2.58. The van der Waals surface area contributed by atoms with Gasteiger partial charge >= 0.3 is 6.09 Å². The second kappa shape index (κ2) is 8.54. The molecule has 2 amide bonds. The number of benzene rings is 1. The van der Waals surface area contributed by atoms with Crippen LogP contribution in [0.25, 0.3) is 0 Å². The average molecular weight is 362 g/mol. The molecule has 1 N–H and O–H groups in total. The standard InChI is InChI=1S/C20H30N2O4/c1-5-18(24)22(13-15-9-7-6-8-10-15)16-11-12-21(14-17(16)23)19(25)26-20(2,3)4/h6-10,16-17,23H,5,11-14H2,1-4H3. The molecule has 1 aliphatic heterocycles. The summed E-state index contributed by atoms with van der Waals surface area (Å²) in [4.78, 5) is 28.0. The number of carbonyl (C=O) groups excluding carboxylic acids is 2. The fourth-order valence-corrected chi connectivity index (χ4v) is 3.15. The number of rotatable bonds is 4. The monoisotopic (exact) mass is 362 g/mol. The summed E-state index contributed by atoms with van der Waals surface area (Å²) in [5.41, 5.74) is 0.451. The number of likely N-dealkylation sites (tertiary alicyclic amines) is 1. The van der Waals surface area contributed by atoms with E-state index in [1.54, 1.807) is 4.90 Å². The Kier molecular flexibility index (Phi) is 6.64. The third-order valence-electron chi connectivity index (χ3n) is 4.42. The first kappa shape index (κ1) is 20.2. The molecule has 0 saturated carbocycles. The SMILES string of the molecule is CCC(=O)N(Cc1ccccc1)C1CCN(C(=O)OC(C)(C)C)CC1O. The van der Waals surface area contributed by atoms with Crippen LogP contribution in [0.2, 0.25) is 0 Å². The highest BCUT2D eigenvalue weighted by Crippen LogP contribution is 2.22. The third kappa shape index (κ3) is 5.46. The summed E-state index contributed by atoms with van der Waals surface area (Å²) < 4.78 is 5.38. The molecule has 1 aliphatic rings. The Labute approximate surface area is 155 Å². The molecular weight excluding hydrogens is 332 g/mol. The van der Waals surface area contributed by atoms with Gasteiger partial charge < -0.3 is 19.6 Å². The van der Waals surface area contributed by atoms with Gasteiger partial charge in [0.2, 0.25) is 5.91 Å². The first-order valence-electron chi connectivity index (χ1n) is 9.20. The molecule has 2 rings (SSSR count). The summed E-state index contributed by atoms with van der Waals surface area (Å²) in [6.45, 7) is 8.35. The van der Waals surface area contributed by atoms with Crippen LogP contribution in [0.5, 0.6) is 0 Å². The zero-order chi connectivity index (χ0) is 19.3. The molecule has 0 aliphatic carbocycles. The van der Waals surface area contributed by atoms with Crippen LogP contribution >= 0.6 is 0 Å². The molecule has 26 heavy (non-hydrogen) atoms. The van der Waals surface area contributed by atoms with E-state index in [2.05, 4.69) is 0 Å². The molecule has 6 nitrogen and oxygen atoms in total. The van der Waals surface area contributed by atoms with Crippen LogP contribution in [0.15, 0.2) is 30.3 Å². The molecule has 2 unspecified atom stereocenters. The number of aliphatic hydroxyl groups excluding tert-OH is 1. The van der Waals surface area contributed by atoms with Crippen molar-refractivity contribution in [3.63, 3.8) is 0 Å². The lowest BCUT2D eigenvalue weighted by molar-refractivity contribution is -0.138. The predicted octanol–water partition coefficient (Wildman–Crippen LogP) is 2.80. The zero-order valence-corrected chi connectivity index (χ0v) is 16.1. The van der Waals surface area contributed by atoms with E-state index in [1.807, 2.05) is 58.0 Å². The largest absolute Gasteiger partial charge is 0.444 e. The normalized spacial score (nSPS) is 20.6. The first-order chi connectivity index (χ1) is 12.2. The Morgan fingerprint density at radius 1 is 1.27 bits per heavy atom. The number of ether oxygens (including phenoxy) is 1. The van der Waals surface area contributed by atoms with Crippen molar-refractivity contribution in [3.8, 4) is 0 Å². The number of hydrogen-bond acceptors (Lipinski definition) is 4. The van der Waals surface area contributed by atoms with Crippen molar-refractivity contribution >= 4 is 12.0 Å². The van der Waals surface area contributed by atoms with Gasteiger partial charge in [-0.3, -0.25) is 4.79 Å². The quantitative estimate of drug-likeness (QED) is 0.894. The second-order valence-corrected chi connectivity index (χ2v) is 7.71. The van der Waals surface area contributed by atoms with Crippen LogP contribution in [0.3, 0.4) is 0 Å². The van der Waals surface area contributed by atoms with Gasteiger partial charge in [-0.1, -0.05) is 37.3 Å². The van der Waals surface area contributed by atoms with Gasteiger partial charge in [0.15, 0.2) is 0 Å². The maximum absolute atomic E-state index is 12.5. The van der Waals surface area contributed by atoms with Crippen LogP contribution in [-0.2, 0) is 16.1 Å². The summed E-state index contributed by atoms with van der Waals surface area (Å²) >= 11 is 0. The van der Waals surface area contributed by atoms with Crippen molar-refractivity contribution < 1.29 is 19.4 Å². The van der Waals surface area contributed by atoms with Crippen molar-refractivity contribution in [2.45, 2.75) is 64.8 Å². The summed E-state index contributed by atoms with van der Waals surface area (Å²) in [5, 5.41) is 10.6. The van der Waals surface area contributed by atoms with Crippen molar-refractivity contribution in [3.05, 3.63) is 35.9 Å². The molecule has 0 radical (unpaired) electrons. The first-order valence-corrected chi connectivity index (χ1v) is 9.20. The Morgan fingerprint density at radius 3 is 2.46 bits per heavy atom. The lowest BCUT2D eigenvalue weighted by atomic mass is 9.99. The molecule has 1 aromatic rings. The molecule has 1 aromatic carbocycles. The van der Waals surface area contributed by atoms with Gasteiger partial charge in [0.05, 0.1) is 18.7 Å². The lowest BCUT2D eigenvalue weighted by Gasteiger charge is -2.42. The van der Waals surface area contributed by atoms with Gasteiger partial charge in [-0.05, 0) is 32.8 Å². The van der Waals surface area contributed by atoms with E-state index in [0.29, 0.717) is 25.9 Å². The Bertz CT molecular complexity index is 612. The van der Waals surface area contributed by atoms with E-state index in [9.17, 15) is 14.7 Å². The van der Waals surface area contributed by atoms with Gasteiger partial charge in [-0.25, -0.2) is 4.79 Å². The van der Waals surface area contributed by atoms with Crippen LogP contribution < -0.4 is 0 Å². The molecular formula is C20H30N2O4. The lowest BCUT2D eigenvalue weighted by Crippen LogP contribution is -2.57. The molecule has 0 bridgehead atoms. The molecule has 6 heteroatoms. The highest BCUT2D eigenvalue weighted by molar-refractivity contribution is 5.76. The molecule has 2 atom stereocenters.